The molecule has 16 heteroatoms. The maximum Gasteiger partial charge on any atom is 0.172 e. The highest BCUT2D eigenvalue weighted by Gasteiger charge is 2.22. The molecule has 2 atom stereocenters. The third-order valence-electron chi connectivity index (χ3n) is 4.33. The van der Waals surface area contributed by atoms with E-state index in [0.717, 1.165) is 12.5 Å². The summed E-state index contributed by atoms with van der Waals surface area (Å²) in [6.45, 7) is 14.2. The summed E-state index contributed by atoms with van der Waals surface area (Å²) in [5, 5.41) is 35.2. The Kier molecular flexibility index (Phi) is 639. The molecule has 0 saturated carbocycles. The third kappa shape index (κ3) is 223. The second-order valence-corrected chi connectivity index (χ2v) is 35.3. The van der Waals surface area contributed by atoms with Gasteiger partial charge in [-0.2, -0.15) is 0 Å². The molecule has 0 spiro atoms. The minimum Gasteiger partial charge on any atom is -0.461 e. The van der Waals surface area contributed by atoms with Crippen molar-refractivity contribution in [2.24, 2.45) is 0 Å². The monoisotopic (exact) mass is 1080 g/mol. The molecule has 0 aliphatic carbocycles. The van der Waals surface area contributed by atoms with Gasteiger partial charge >= 0.3 is 0 Å². The van der Waals surface area contributed by atoms with E-state index in [1.807, 2.05) is 0 Å². The highest BCUT2D eigenvalue weighted by atomic mass is 29.2. The van der Waals surface area contributed by atoms with Gasteiger partial charge in [0.1, 0.15) is 0 Å². The number of ether oxygens (including phenoxy) is 4. The van der Waals surface area contributed by atoms with Gasteiger partial charge in [0.2, 0.25) is 0 Å². The van der Waals surface area contributed by atoms with Gasteiger partial charge in [-0.25, -0.2) is 0 Å². The second-order valence-electron chi connectivity index (χ2n) is 9.24. The summed E-state index contributed by atoms with van der Waals surface area (Å²) in [6.07, 6.45) is 2.16. The molecule has 448 valence electrons. The molecule has 2 unspecified atom stereocenters. The molecule has 0 aromatic carbocycles. The van der Waals surface area contributed by atoms with Gasteiger partial charge in [-0.3, -0.25) is 0 Å². The van der Waals surface area contributed by atoms with Gasteiger partial charge < -0.3 is 47.6 Å². The van der Waals surface area contributed by atoms with Crippen LogP contribution >= 0.6 is 0 Å². The first kappa shape index (κ1) is 245. The summed E-state index contributed by atoms with van der Waals surface area (Å²) in [5.41, 5.74) is 0. The first-order chi connectivity index (χ1) is 16.0. The van der Waals surface area contributed by atoms with Crippen LogP contribution in [0.2, 0.25) is 26.2 Å². The predicted octanol–water partition coefficient (Wildman–Crippen LogP) is 15.6. The first-order valence-corrected chi connectivity index (χ1v) is 27.8. The maximum absolute atomic E-state index is 9.07. The fourth-order valence-corrected chi connectivity index (χ4v) is 19.9. The fourth-order valence-electron chi connectivity index (χ4n) is 2.38. The highest BCUT2D eigenvalue weighted by Crippen LogP contribution is 2.02. The number of aliphatic hydroxyl groups is 4. The normalized spacial score (nSPS) is 8.16. The zero-order valence-corrected chi connectivity index (χ0v) is 29.9. The Morgan fingerprint density at radius 3 is 0.750 bits per heavy atom. The van der Waals surface area contributed by atoms with Crippen LogP contribution in [0.5, 0.6) is 0 Å². The van der Waals surface area contributed by atoms with Gasteiger partial charge in [-0.1, -0.05) is 223 Å². The summed E-state index contributed by atoms with van der Waals surface area (Å²) < 4.78 is 33.1. The minimum absolute atomic E-state index is 0. The average Bonchev–Trinajstić information content (AvgIpc) is 2.74. The molecule has 0 fully saturated rings. The second kappa shape index (κ2) is 167. The maximum atomic E-state index is 9.07. The molecular weight excluding hydrogens is 905 g/mol. The zero-order valence-electron chi connectivity index (χ0n) is 22.3. The standard InChI is InChI=1S/C10H28O5Si3.C8H24O5Si3.30CH4/c1-9(11)5-13-7-16-15-18(3,4)17-8-14-6-10(2)12;1-16(2,15-8-12-6-4-10)13-14-7-11-5-3-9;;;;;;;;;;;;;;;;;;;;;;;;;;;;;;/h9-12H,5-8,16-17H2,1-4H3;9-10H,3-8,14-15H2,1-2H3;30*1H4. The lowest BCUT2D eigenvalue weighted by molar-refractivity contribution is 0.0646. The summed E-state index contributed by atoms with van der Waals surface area (Å²) in [6, 6.07) is 0. The molecular formula is C48H172O10Si6. The Morgan fingerprint density at radius 1 is 0.344 bits per heavy atom. The van der Waals surface area contributed by atoms with E-state index in [0.29, 0.717) is 38.9 Å². The molecule has 0 amide bonds. The molecule has 0 saturated heterocycles. The summed E-state index contributed by atoms with van der Waals surface area (Å²) >= 11 is 0. The van der Waals surface area contributed by atoms with Gasteiger partial charge in [0, 0.05) is 12.5 Å². The van der Waals surface area contributed by atoms with E-state index >= 15 is 0 Å². The SMILES string of the molecule is C.C.C.C.C.C.C.C.C.C.C.C.C.C.C.C.C.C.C.C.C.C.C.C.C.C.C.C.C.C.CC(O)COC[SiH2]O[Si](C)(C)[SiH2]COCC(C)O.C[Si](C)(O[SiH2]COCCO)[SiH2]COCCO. The number of aliphatic hydroxyl groups excluding tert-OH is 4. The fraction of sp³-hybridized carbons (Fsp3) is 1.00. The lowest BCUT2D eigenvalue weighted by Gasteiger charge is -2.23. The Labute approximate surface area is 438 Å². The van der Waals surface area contributed by atoms with Crippen molar-refractivity contribution in [1.82, 2.24) is 0 Å². The number of rotatable bonds is 22. The molecule has 0 aromatic heterocycles. The topological polar surface area (TPSA) is 136 Å². The molecule has 0 aromatic rings. The van der Waals surface area contributed by atoms with E-state index in [1.54, 1.807) is 13.8 Å². The van der Waals surface area contributed by atoms with Crippen molar-refractivity contribution in [3.05, 3.63) is 0 Å². The first-order valence-electron chi connectivity index (χ1n) is 12.1. The number of hydrogen-bond donors (Lipinski definition) is 4. The zero-order chi connectivity index (χ0) is 26.3. The largest absolute Gasteiger partial charge is 0.461 e. The third-order valence-corrected chi connectivity index (χ3v) is 28.6. The van der Waals surface area contributed by atoms with Crippen LogP contribution in [0.25, 0.3) is 0 Å². The predicted molar refractivity (Wildman–Crippen MR) is 354 cm³/mol. The molecule has 0 aliphatic rings. The lowest BCUT2D eigenvalue weighted by Crippen LogP contribution is -2.43. The Balaban J connectivity index is -0.00000000728. The van der Waals surface area contributed by atoms with E-state index in [9.17, 15) is 0 Å². The van der Waals surface area contributed by atoms with Crippen molar-refractivity contribution < 1.29 is 47.6 Å². The van der Waals surface area contributed by atoms with Gasteiger partial charge in [0.05, 0.1) is 82.4 Å². The molecule has 0 radical (unpaired) electrons. The van der Waals surface area contributed by atoms with Crippen molar-refractivity contribution in [1.29, 1.82) is 0 Å². The van der Waals surface area contributed by atoms with Crippen molar-refractivity contribution in [3.8, 4) is 0 Å². The van der Waals surface area contributed by atoms with Crippen LogP contribution in [0, 0.1) is 0 Å². The number of hydrogen-bond acceptors (Lipinski definition) is 10. The molecule has 0 rings (SSSR count). The van der Waals surface area contributed by atoms with Crippen LogP contribution in [-0.4, -0.2) is 150 Å². The Morgan fingerprint density at radius 2 is 0.531 bits per heavy atom. The lowest BCUT2D eigenvalue weighted by atomic mass is 10.5. The average molecular weight is 1080 g/mol. The molecule has 0 aliphatic heterocycles. The van der Waals surface area contributed by atoms with Crippen molar-refractivity contribution in [2.45, 2.75) is 275 Å². The molecule has 10 nitrogen and oxygen atoms in total. The summed E-state index contributed by atoms with van der Waals surface area (Å²) in [5.74, 6) is 0. The quantitative estimate of drug-likeness (QED) is 0.0613. The van der Waals surface area contributed by atoms with Crippen molar-refractivity contribution in [2.75, 3.05) is 64.6 Å². The van der Waals surface area contributed by atoms with Crippen LogP contribution in [0.1, 0.15) is 237 Å². The van der Waals surface area contributed by atoms with Gasteiger partial charge in [0.25, 0.3) is 0 Å². The van der Waals surface area contributed by atoms with E-state index in [2.05, 4.69) is 26.2 Å². The van der Waals surface area contributed by atoms with Crippen LogP contribution in [0.3, 0.4) is 0 Å². The summed E-state index contributed by atoms with van der Waals surface area (Å²) in [4.78, 5) is 0. The van der Waals surface area contributed by atoms with Crippen LogP contribution < -0.4 is 0 Å². The molecule has 0 bridgehead atoms. The van der Waals surface area contributed by atoms with Crippen LogP contribution in [-0.2, 0) is 27.2 Å². The van der Waals surface area contributed by atoms with E-state index in [1.165, 1.54) is 0 Å². The van der Waals surface area contributed by atoms with Crippen molar-refractivity contribution in [3.63, 3.8) is 0 Å². The minimum atomic E-state index is -1.50. The smallest absolute Gasteiger partial charge is 0.172 e. The highest BCUT2D eigenvalue weighted by molar-refractivity contribution is 7.21. The molecule has 64 heavy (non-hydrogen) atoms. The Bertz CT molecular complexity index is 454. The summed E-state index contributed by atoms with van der Waals surface area (Å²) in [7, 11) is -4.83. The van der Waals surface area contributed by atoms with Gasteiger partial charge in [-0.15, -0.1) is 0 Å². The van der Waals surface area contributed by atoms with Gasteiger partial charge in [0.15, 0.2) is 35.2 Å². The van der Waals surface area contributed by atoms with Crippen LogP contribution in [0.15, 0.2) is 0 Å². The van der Waals surface area contributed by atoms with E-state index in [4.69, 9.17) is 47.6 Å². The van der Waals surface area contributed by atoms with E-state index in [-0.39, 0.29) is 260 Å². The molecule has 4 N–H and O–H groups in total. The van der Waals surface area contributed by atoms with Gasteiger partial charge in [-0.05, 0) is 40.0 Å². The van der Waals surface area contributed by atoms with Crippen LogP contribution in [0.4, 0.5) is 0 Å². The Hall–Kier alpha value is 0.901. The van der Waals surface area contributed by atoms with E-state index < -0.39 is 41.3 Å². The van der Waals surface area contributed by atoms with Crippen molar-refractivity contribution >= 4 is 53.3 Å². The molecule has 0 heterocycles.